The second-order valence-corrected chi connectivity index (χ2v) is 6.35. The van der Waals surface area contributed by atoms with Crippen LogP contribution in [0.15, 0.2) is 46.0 Å². The summed E-state index contributed by atoms with van der Waals surface area (Å²) in [5.74, 6) is 0. The van der Waals surface area contributed by atoms with Gasteiger partial charge in [-0.3, -0.25) is 14.7 Å². The van der Waals surface area contributed by atoms with Gasteiger partial charge in [0.2, 0.25) is 0 Å². The normalized spacial score (nSPS) is 22.6. The first kappa shape index (κ1) is 14.8. The molecule has 1 aliphatic heterocycles. The van der Waals surface area contributed by atoms with Crippen LogP contribution in [0.1, 0.15) is 31.0 Å². The van der Waals surface area contributed by atoms with Gasteiger partial charge in [0.15, 0.2) is 0 Å². The van der Waals surface area contributed by atoms with Crippen LogP contribution in [0.25, 0.3) is 0 Å². The van der Waals surface area contributed by atoms with E-state index in [-0.39, 0.29) is 11.0 Å². The molecule has 1 aliphatic rings. The molecule has 1 fully saturated rings. The highest BCUT2D eigenvalue weighted by molar-refractivity contribution is 5.25. The Morgan fingerprint density at radius 1 is 1.18 bits per heavy atom. The lowest BCUT2D eigenvalue weighted by molar-refractivity contribution is 0.148. The molecule has 0 amide bonds. The Balaban J connectivity index is 1.78. The van der Waals surface area contributed by atoms with E-state index in [0.717, 1.165) is 25.9 Å². The molecule has 1 atom stereocenters. The van der Waals surface area contributed by atoms with Crippen molar-refractivity contribution >= 4 is 0 Å². The summed E-state index contributed by atoms with van der Waals surface area (Å²) in [6, 6.07) is 12.0. The number of rotatable bonds is 3. The highest BCUT2D eigenvalue weighted by Crippen LogP contribution is 2.33. The fourth-order valence-corrected chi connectivity index (χ4v) is 3.40. The molecule has 22 heavy (non-hydrogen) atoms. The number of aromatic amines is 2. The molecule has 1 unspecified atom stereocenters. The minimum Gasteiger partial charge on any atom is -0.310 e. The molecule has 1 saturated heterocycles. The maximum absolute atomic E-state index is 11.4. The van der Waals surface area contributed by atoms with Crippen molar-refractivity contribution in [1.82, 2.24) is 14.9 Å². The van der Waals surface area contributed by atoms with Crippen LogP contribution < -0.4 is 11.2 Å². The predicted octanol–water partition coefficient (Wildman–Crippen LogP) is 1.62. The molecular formula is C17H21N3O2. The predicted molar refractivity (Wildman–Crippen MR) is 86.0 cm³/mol. The summed E-state index contributed by atoms with van der Waals surface area (Å²) in [6.07, 6.45) is 2.26. The van der Waals surface area contributed by atoms with Gasteiger partial charge >= 0.3 is 5.69 Å². The Morgan fingerprint density at radius 3 is 2.68 bits per heavy atom. The lowest BCUT2D eigenvalue weighted by atomic mass is 9.76. The molecular weight excluding hydrogens is 278 g/mol. The standard InChI is InChI=1S/C17H21N3O2/c1-17(13-6-3-2-4-7-13)8-5-9-20(12-17)11-14-10-15(21)19-16(22)18-14/h2-4,6-7,10H,5,8-9,11-12H2,1H3,(H2,18,19,21,22). The molecule has 0 aliphatic carbocycles. The van der Waals surface area contributed by atoms with Crippen LogP contribution in [0.3, 0.4) is 0 Å². The number of hydrogen-bond acceptors (Lipinski definition) is 3. The van der Waals surface area contributed by atoms with E-state index in [1.807, 2.05) is 6.07 Å². The first-order valence-electron chi connectivity index (χ1n) is 7.66. The van der Waals surface area contributed by atoms with Gasteiger partial charge in [0.05, 0.1) is 0 Å². The summed E-state index contributed by atoms with van der Waals surface area (Å²) in [6.45, 7) is 4.79. The van der Waals surface area contributed by atoms with E-state index in [9.17, 15) is 9.59 Å². The highest BCUT2D eigenvalue weighted by Gasteiger charge is 2.32. The van der Waals surface area contributed by atoms with Crippen LogP contribution in [0.5, 0.6) is 0 Å². The molecule has 2 heterocycles. The van der Waals surface area contributed by atoms with Crippen molar-refractivity contribution in [2.24, 2.45) is 0 Å². The van der Waals surface area contributed by atoms with Crippen molar-refractivity contribution in [3.63, 3.8) is 0 Å². The van der Waals surface area contributed by atoms with Gasteiger partial charge in [0, 0.05) is 30.3 Å². The Labute approximate surface area is 129 Å². The van der Waals surface area contributed by atoms with Crippen molar-refractivity contribution in [3.8, 4) is 0 Å². The van der Waals surface area contributed by atoms with Gasteiger partial charge < -0.3 is 4.98 Å². The number of nitrogens with zero attached hydrogens (tertiary/aromatic N) is 1. The van der Waals surface area contributed by atoms with E-state index in [1.54, 1.807) is 0 Å². The monoisotopic (exact) mass is 299 g/mol. The van der Waals surface area contributed by atoms with E-state index >= 15 is 0 Å². The van der Waals surface area contributed by atoms with Crippen LogP contribution in [-0.4, -0.2) is 28.0 Å². The van der Waals surface area contributed by atoms with Gasteiger partial charge in [-0.15, -0.1) is 0 Å². The SMILES string of the molecule is CC1(c2ccccc2)CCCN(Cc2cc(=O)[nH]c(=O)[nH]2)C1. The van der Waals surface area contributed by atoms with Gasteiger partial charge in [-0.2, -0.15) is 0 Å². The Morgan fingerprint density at radius 2 is 1.95 bits per heavy atom. The fraction of sp³-hybridized carbons (Fsp3) is 0.412. The molecule has 5 heteroatoms. The number of nitrogens with one attached hydrogen (secondary N) is 2. The quantitative estimate of drug-likeness (QED) is 0.905. The van der Waals surface area contributed by atoms with E-state index in [4.69, 9.17) is 0 Å². The molecule has 0 radical (unpaired) electrons. The topological polar surface area (TPSA) is 69.0 Å². The zero-order valence-corrected chi connectivity index (χ0v) is 12.8. The van der Waals surface area contributed by atoms with E-state index < -0.39 is 5.69 Å². The summed E-state index contributed by atoms with van der Waals surface area (Å²) >= 11 is 0. The van der Waals surface area contributed by atoms with Crippen LogP contribution >= 0.6 is 0 Å². The van der Waals surface area contributed by atoms with Crippen LogP contribution in [0.2, 0.25) is 0 Å². The number of likely N-dealkylation sites (tertiary alicyclic amines) is 1. The number of benzene rings is 1. The third-order valence-corrected chi connectivity index (χ3v) is 4.46. The van der Waals surface area contributed by atoms with Crippen molar-refractivity contribution in [2.75, 3.05) is 13.1 Å². The summed E-state index contributed by atoms with van der Waals surface area (Å²) in [5, 5.41) is 0. The first-order valence-corrected chi connectivity index (χ1v) is 7.66. The number of H-pyrrole nitrogens is 2. The average Bonchev–Trinajstić information content (AvgIpc) is 2.47. The molecule has 0 saturated carbocycles. The van der Waals surface area contributed by atoms with Crippen molar-refractivity contribution in [1.29, 1.82) is 0 Å². The van der Waals surface area contributed by atoms with Gasteiger partial charge in [0.25, 0.3) is 5.56 Å². The maximum atomic E-state index is 11.4. The van der Waals surface area contributed by atoms with E-state index in [2.05, 4.69) is 46.1 Å². The number of hydrogen-bond donors (Lipinski definition) is 2. The second kappa shape index (κ2) is 5.93. The minimum atomic E-state index is -0.440. The summed E-state index contributed by atoms with van der Waals surface area (Å²) < 4.78 is 0. The van der Waals surface area contributed by atoms with Gasteiger partial charge in [0.1, 0.15) is 0 Å². The molecule has 1 aromatic heterocycles. The lowest BCUT2D eigenvalue weighted by Crippen LogP contribution is -2.44. The maximum Gasteiger partial charge on any atom is 0.325 e. The molecule has 116 valence electrons. The van der Waals surface area contributed by atoms with E-state index in [1.165, 1.54) is 11.6 Å². The molecule has 2 N–H and O–H groups in total. The summed E-state index contributed by atoms with van der Waals surface area (Å²) in [4.78, 5) is 30.0. The average molecular weight is 299 g/mol. The molecule has 0 bridgehead atoms. The fourth-order valence-electron chi connectivity index (χ4n) is 3.40. The Kier molecular flexibility index (Phi) is 3.98. The Hall–Kier alpha value is -2.14. The van der Waals surface area contributed by atoms with Gasteiger partial charge in [-0.05, 0) is 24.9 Å². The van der Waals surface area contributed by atoms with Gasteiger partial charge in [-0.1, -0.05) is 37.3 Å². The molecule has 1 aromatic carbocycles. The van der Waals surface area contributed by atoms with Crippen LogP contribution in [0.4, 0.5) is 0 Å². The number of piperidine rings is 1. The highest BCUT2D eigenvalue weighted by atomic mass is 16.2. The lowest BCUT2D eigenvalue weighted by Gasteiger charge is -2.41. The van der Waals surface area contributed by atoms with Crippen LogP contribution in [0, 0.1) is 0 Å². The molecule has 2 aromatic rings. The third kappa shape index (κ3) is 3.20. The first-order chi connectivity index (χ1) is 10.5. The largest absolute Gasteiger partial charge is 0.325 e. The van der Waals surface area contributed by atoms with Gasteiger partial charge in [-0.25, -0.2) is 4.79 Å². The molecule has 0 spiro atoms. The third-order valence-electron chi connectivity index (χ3n) is 4.46. The minimum absolute atomic E-state index is 0.112. The molecule has 3 rings (SSSR count). The summed E-state index contributed by atoms with van der Waals surface area (Å²) in [7, 11) is 0. The van der Waals surface area contributed by atoms with Crippen molar-refractivity contribution in [3.05, 3.63) is 68.5 Å². The second-order valence-electron chi connectivity index (χ2n) is 6.35. The van der Waals surface area contributed by atoms with Crippen molar-refractivity contribution in [2.45, 2.75) is 31.7 Å². The zero-order valence-electron chi connectivity index (χ0n) is 12.8. The Bertz CT molecular complexity index is 722. The summed E-state index contributed by atoms with van der Waals surface area (Å²) in [5.41, 5.74) is 1.35. The zero-order chi connectivity index (χ0) is 15.6. The molecule has 5 nitrogen and oxygen atoms in total. The smallest absolute Gasteiger partial charge is 0.310 e. The van der Waals surface area contributed by atoms with Crippen LogP contribution in [-0.2, 0) is 12.0 Å². The van der Waals surface area contributed by atoms with Crippen molar-refractivity contribution < 1.29 is 0 Å². The van der Waals surface area contributed by atoms with E-state index in [0.29, 0.717) is 12.2 Å². The number of aromatic nitrogens is 2.